The SMILES string of the molecule is c1ccc2cc(-c3nc(-c4cc(-c5ccc6cc7ccccc7cc6c5)cc(-c5ccc6cc7ccccc7cc6c5)c4)nc(-c4cc5ccccc5cn4)n3)ncc2c1. The van der Waals surface area contributed by atoms with E-state index in [1.807, 2.05) is 48.8 Å². The molecule has 0 spiro atoms. The smallest absolute Gasteiger partial charge is 0.182 e. The molecule has 0 unspecified atom stereocenters. The summed E-state index contributed by atoms with van der Waals surface area (Å²) in [6.07, 6.45) is 3.76. The highest BCUT2D eigenvalue weighted by molar-refractivity contribution is 6.02. The number of hydrogen-bond donors (Lipinski definition) is 0. The van der Waals surface area contributed by atoms with Crippen molar-refractivity contribution in [1.82, 2.24) is 24.9 Å². The van der Waals surface area contributed by atoms with Gasteiger partial charge in [0.05, 0.1) is 0 Å². The summed E-state index contributed by atoms with van der Waals surface area (Å²) in [5.41, 5.74) is 6.54. The number of benzene rings is 9. The maximum atomic E-state index is 5.19. The molecular formula is C55H33N5. The molecule has 0 saturated carbocycles. The molecule has 3 aromatic heterocycles. The van der Waals surface area contributed by atoms with Gasteiger partial charge in [-0.1, -0.05) is 121 Å². The minimum absolute atomic E-state index is 0.484. The van der Waals surface area contributed by atoms with Crippen molar-refractivity contribution in [2.75, 3.05) is 0 Å². The van der Waals surface area contributed by atoms with E-state index in [4.69, 9.17) is 24.9 Å². The third-order valence-electron chi connectivity index (χ3n) is 11.6. The summed E-state index contributed by atoms with van der Waals surface area (Å²) < 4.78 is 0. The zero-order valence-electron chi connectivity index (χ0n) is 32.3. The zero-order valence-corrected chi connectivity index (χ0v) is 32.3. The first-order chi connectivity index (χ1) is 29.6. The van der Waals surface area contributed by atoms with Crippen molar-refractivity contribution >= 4 is 64.6 Å². The van der Waals surface area contributed by atoms with Crippen molar-refractivity contribution in [1.29, 1.82) is 0 Å². The van der Waals surface area contributed by atoms with Gasteiger partial charge in [-0.25, -0.2) is 15.0 Å². The molecule has 0 fully saturated rings. The fourth-order valence-electron chi connectivity index (χ4n) is 8.48. The summed E-state index contributed by atoms with van der Waals surface area (Å²) >= 11 is 0. The van der Waals surface area contributed by atoms with E-state index in [1.165, 1.54) is 43.1 Å². The molecule has 0 bridgehead atoms. The summed E-state index contributed by atoms with van der Waals surface area (Å²) in [7, 11) is 0. The van der Waals surface area contributed by atoms with Gasteiger partial charge in [0, 0.05) is 28.7 Å². The van der Waals surface area contributed by atoms with E-state index in [2.05, 4.69) is 152 Å². The third-order valence-corrected chi connectivity index (χ3v) is 11.6. The molecule has 3 heterocycles. The van der Waals surface area contributed by atoms with Gasteiger partial charge in [-0.3, -0.25) is 9.97 Å². The van der Waals surface area contributed by atoms with Crippen LogP contribution in [-0.2, 0) is 0 Å². The van der Waals surface area contributed by atoms with Crippen LogP contribution >= 0.6 is 0 Å². The van der Waals surface area contributed by atoms with E-state index in [1.54, 1.807) is 0 Å². The molecule has 12 rings (SSSR count). The van der Waals surface area contributed by atoms with Crippen LogP contribution < -0.4 is 0 Å². The number of nitrogens with zero attached hydrogens (tertiary/aromatic N) is 5. The summed E-state index contributed by atoms with van der Waals surface area (Å²) in [6.45, 7) is 0. The van der Waals surface area contributed by atoms with Gasteiger partial charge in [-0.2, -0.15) is 0 Å². The third kappa shape index (κ3) is 6.08. The molecule has 5 heteroatoms. The Hall–Kier alpha value is -8.15. The van der Waals surface area contributed by atoms with Gasteiger partial charge >= 0.3 is 0 Å². The number of aromatic nitrogens is 5. The van der Waals surface area contributed by atoms with Gasteiger partial charge in [0.15, 0.2) is 17.5 Å². The van der Waals surface area contributed by atoms with Gasteiger partial charge in [0.2, 0.25) is 0 Å². The second-order valence-corrected chi connectivity index (χ2v) is 15.5. The average molecular weight is 764 g/mol. The molecule has 0 N–H and O–H groups in total. The van der Waals surface area contributed by atoms with Crippen molar-refractivity contribution in [2.45, 2.75) is 0 Å². The zero-order chi connectivity index (χ0) is 39.6. The highest BCUT2D eigenvalue weighted by Crippen LogP contribution is 2.37. The van der Waals surface area contributed by atoms with E-state index in [0.29, 0.717) is 28.9 Å². The summed E-state index contributed by atoms with van der Waals surface area (Å²) in [5.74, 6) is 1.51. The topological polar surface area (TPSA) is 64.5 Å². The first-order valence-corrected chi connectivity index (χ1v) is 20.1. The lowest BCUT2D eigenvalue weighted by Gasteiger charge is -2.14. The summed E-state index contributed by atoms with van der Waals surface area (Å²) in [6, 6.07) is 66.8. The van der Waals surface area contributed by atoms with E-state index < -0.39 is 0 Å². The molecule has 5 nitrogen and oxygen atoms in total. The fourth-order valence-corrected chi connectivity index (χ4v) is 8.48. The maximum absolute atomic E-state index is 5.19. The van der Waals surface area contributed by atoms with Crippen molar-refractivity contribution in [3.05, 3.63) is 200 Å². The predicted molar refractivity (Wildman–Crippen MR) is 248 cm³/mol. The lowest BCUT2D eigenvalue weighted by molar-refractivity contribution is 1.05. The molecule has 0 atom stereocenters. The molecule has 60 heavy (non-hydrogen) atoms. The van der Waals surface area contributed by atoms with Crippen LogP contribution in [0.3, 0.4) is 0 Å². The van der Waals surface area contributed by atoms with Crippen molar-refractivity contribution in [2.24, 2.45) is 0 Å². The van der Waals surface area contributed by atoms with E-state index in [9.17, 15) is 0 Å². The number of rotatable bonds is 5. The van der Waals surface area contributed by atoms with Gasteiger partial charge in [-0.15, -0.1) is 0 Å². The molecule has 0 radical (unpaired) electrons. The van der Waals surface area contributed by atoms with Crippen LogP contribution in [0, 0.1) is 0 Å². The number of fused-ring (bicyclic) bond motifs is 6. The quantitative estimate of drug-likeness (QED) is 0.163. The number of hydrogen-bond acceptors (Lipinski definition) is 5. The summed E-state index contributed by atoms with van der Waals surface area (Å²) in [5, 5.41) is 13.9. The van der Waals surface area contributed by atoms with E-state index in [0.717, 1.165) is 49.4 Å². The first kappa shape index (κ1) is 33.9. The Morgan fingerprint density at radius 2 is 0.550 bits per heavy atom. The monoisotopic (exact) mass is 763 g/mol. The van der Waals surface area contributed by atoms with Crippen LogP contribution in [-0.4, -0.2) is 24.9 Å². The molecule has 278 valence electrons. The van der Waals surface area contributed by atoms with E-state index >= 15 is 0 Å². The van der Waals surface area contributed by atoms with Crippen molar-refractivity contribution in [3.8, 4) is 56.7 Å². The van der Waals surface area contributed by atoms with E-state index in [-0.39, 0.29) is 0 Å². The Kier molecular flexibility index (Phi) is 7.78. The number of pyridine rings is 2. The van der Waals surface area contributed by atoms with Crippen molar-refractivity contribution in [3.63, 3.8) is 0 Å². The standard InChI is InChI=1S/C55H33N5/c1-3-11-36-23-46-25-42(19-17-40(46)21-34(36)9-1)48-27-49(43-20-18-41-22-35-10-2-4-12-37(35)24-47(41)26-43)29-50(28-48)53-58-54(51-30-38-13-5-7-15-44(38)32-56-51)60-55(59-53)52-31-39-14-6-8-16-45(39)33-57-52/h1-33H. The van der Waals surface area contributed by atoms with Crippen molar-refractivity contribution < 1.29 is 0 Å². The molecule has 0 saturated heterocycles. The average Bonchev–Trinajstić information content (AvgIpc) is 3.31. The van der Waals surface area contributed by atoms with Gasteiger partial charge < -0.3 is 0 Å². The predicted octanol–water partition coefficient (Wildman–Crippen LogP) is 13.9. The largest absolute Gasteiger partial charge is 0.252 e. The van der Waals surface area contributed by atoms with Crippen LogP contribution in [0.1, 0.15) is 0 Å². The Bertz CT molecular complexity index is 3450. The second-order valence-electron chi connectivity index (χ2n) is 15.5. The normalized spacial score (nSPS) is 11.7. The van der Waals surface area contributed by atoms with Gasteiger partial charge in [0.1, 0.15) is 11.4 Å². The molecule has 0 aliphatic heterocycles. The lowest BCUT2D eigenvalue weighted by Crippen LogP contribution is -2.02. The molecule has 0 aliphatic carbocycles. The highest BCUT2D eigenvalue weighted by atomic mass is 15.1. The Morgan fingerprint density at radius 1 is 0.217 bits per heavy atom. The second kappa shape index (κ2) is 13.8. The Morgan fingerprint density at radius 3 is 0.983 bits per heavy atom. The molecule has 0 amide bonds. The molecular weight excluding hydrogens is 731 g/mol. The maximum Gasteiger partial charge on any atom is 0.182 e. The van der Waals surface area contributed by atoms with Crippen LogP contribution in [0.4, 0.5) is 0 Å². The van der Waals surface area contributed by atoms with Crippen LogP contribution in [0.15, 0.2) is 200 Å². The van der Waals surface area contributed by atoms with Crippen LogP contribution in [0.2, 0.25) is 0 Å². The fraction of sp³-hybridized carbons (Fsp3) is 0. The van der Waals surface area contributed by atoms with Gasteiger partial charge in [-0.05, 0) is 143 Å². The van der Waals surface area contributed by atoms with Crippen LogP contribution in [0.25, 0.3) is 121 Å². The lowest BCUT2D eigenvalue weighted by atomic mass is 9.92. The minimum atomic E-state index is 0.484. The summed E-state index contributed by atoms with van der Waals surface area (Å²) in [4.78, 5) is 25.1. The Balaban J connectivity index is 1.08. The Labute approximate surface area is 345 Å². The van der Waals surface area contributed by atoms with Crippen LogP contribution in [0.5, 0.6) is 0 Å². The highest BCUT2D eigenvalue weighted by Gasteiger charge is 2.17. The molecule has 9 aromatic carbocycles. The molecule has 12 aromatic rings. The first-order valence-electron chi connectivity index (χ1n) is 20.1. The van der Waals surface area contributed by atoms with Gasteiger partial charge in [0.25, 0.3) is 0 Å². The minimum Gasteiger partial charge on any atom is -0.252 e. The molecule has 0 aliphatic rings.